The molecule has 0 saturated heterocycles. The van der Waals surface area contributed by atoms with E-state index in [0.717, 1.165) is 5.56 Å². The highest BCUT2D eigenvalue weighted by molar-refractivity contribution is 6.34. The molecule has 1 rings (SSSR count). The largest absolute Gasteiger partial charge is 0.460 e. The van der Waals surface area contributed by atoms with Crippen LogP contribution in [0.25, 0.3) is 0 Å². The molecule has 0 aliphatic rings. The highest BCUT2D eigenvalue weighted by Gasteiger charge is 2.15. The molecule has 0 bridgehead atoms. The average molecular weight is 275 g/mol. The Hall–Kier alpha value is -0.730. The van der Waals surface area contributed by atoms with E-state index >= 15 is 0 Å². The molecule has 94 valence electrons. The molecular formula is C13H16Cl2O2. The van der Waals surface area contributed by atoms with Crippen molar-refractivity contribution in [3.8, 4) is 0 Å². The number of halogens is 2. The van der Waals surface area contributed by atoms with Crippen molar-refractivity contribution in [2.45, 2.75) is 39.2 Å². The van der Waals surface area contributed by atoms with Crippen molar-refractivity contribution in [1.29, 1.82) is 0 Å². The highest BCUT2D eigenvalue weighted by Crippen LogP contribution is 2.20. The number of esters is 1. The van der Waals surface area contributed by atoms with Gasteiger partial charge in [-0.1, -0.05) is 23.2 Å². The van der Waals surface area contributed by atoms with Gasteiger partial charge >= 0.3 is 5.97 Å². The van der Waals surface area contributed by atoms with Gasteiger partial charge in [0.05, 0.1) is 0 Å². The van der Waals surface area contributed by atoms with Crippen LogP contribution in [0.15, 0.2) is 18.2 Å². The van der Waals surface area contributed by atoms with E-state index in [2.05, 4.69) is 0 Å². The fourth-order valence-electron chi connectivity index (χ4n) is 1.39. The zero-order valence-electron chi connectivity index (χ0n) is 10.2. The molecule has 2 nitrogen and oxygen atoms in total. The van der Waals surface area contributed by atoms with Gasteiger partial charge in [0.2, 0.25) is 0 Å². The van der Waals surface area contributed by atoms with E-state index < -0.39 is 5.60 Å². The predicted octanol–water partition coefficient (Wildman–Crippen LogP) is 4.27. The summed E-state index contributed by atoms with van der Waals surface area (Å²) in [6.45, 7) is 5.55. The van der Waals surface area contributed by atoms with E-state index in [0.29, 0.717) is 22.9 Å². The van der Waals surface area contributed by atoms with Crippen LogP contribution in [0.2, 0.25) is 10.0 Å². The summed E-state index contributed by atoms with van der Waals surface area (Å²) in [4.78, 5) is 11.5. The maximum Gasteiger partial charge on any atom is 0.306 e. The Labute approximate surface area is 112 Å². The van der Waals surface area contributed by atoms with Gasteiger partial charge in [0.25, 0.3) is 0 Å². The fraction of sp³-hybridized carbons (Fsp3) is 0.462. The summed E-state index contributed by atoms with van der Waals surface area (Å²) in [5, 5.41) is 1.16. The second-order valence-corrected chi connectivity index (χ2v) is 5.74. The number of ether oxygens (including phenoxy) is 1. The Morgan fingerprint density at radius 2 is 1.71 bits per heavy atom. The van der Waals surface area contributed by atoms with Crippen LogP contribution in [-0.2, 0) is 16.0 Å². The molecule has 0 radical (unpaired) electrons. The normalized spacial score (nSPS) is 11.4. The zero-order chi connectivity index (χ0) is 13.1. The molecule has 4 heteroatoms. The summed E-state index contributed by atoms with van der Waals surface area (Å²) >= 11 is 11.7. The molecule has 0 N–H and O–H groups in total. The molecule has 0 aliphatic heterocycles. The first-order valence-electron chi connectivity index (χ1n) is 5.43. The summed E-state index contributed by atoms with van der Waals surface area (Å²) in [7, 11) is 0. The van der Waals surface area contributed by atoms with E-state index in [1.807, 2.05) is 20.8 Å². The van der Waals surface area contributed by atoms with E-state index in [9.17, 15) is 4.79 Å². The topological polar surface area (TPSA) is 26.3 Å². The van der Waals surface area contributed by atoms with Crippen molar-refractivity contribution in [3.63, 3.8) is 0 Å². The smallest absolute Gasteiger partial charge is 0.306 e. The number of carbonyl (C=O) groups is 1. The van der Waals surface area contributed by atoms with Gasteiger partial charge in [-0.15, -0.1) is 0 Å². The summed E-state index contributed by atoms with van der Waals surface area (Å²) in [6, 6.07) is 5.27. The lowest BCUT2D eigenvalue weighted by Gasteiger charge is -2.19. The Kier molecular flexibility index (Phi) is 4.84. The molecule has 0 heterocycles. The SMILES string of the molecule is CC(C)(C)OC(=O)CCc1cc(Cl)cc(Cl)c1. The summed E-state index contributed by atoms with van der Waals surface area (Å²) in [5.74, 6) is -0.214. The Morgan fingerprint density at radius 1 is 1.18 bits per heavy atom. The Morgan fingerprint density at radius 3 is 2.18 bits per heavy atom. The van der Waals surface area contributed by atoms with E-state index in [1.54, 1.807) is 18.2 Å². The van der Waals surface area contributed by atoms with Gasteiger partial charge in [-0.25, -0.2) is 0 Å². The van der Waals surface area contributed by atoms with Gasteiger partial charge in [0.1, 0.15) is 5.60 Å². The number of benzene rings is 1. The monoisotopic (exact) mass is 274 g/mol. The van der Waals surface area contributed by atoms with Crippen molar-refractivity contribution in [3.05, 3.63) is 33.8 Å². The van der Waals surface area contributed by atoms with Crippen LogP contribution in [-0.4, -0.2) is 11.6 Å². The number of rotatable bonds is 3. The van der Waals surface area contributed by atoms with Crippen LogP contribution < -0.4 is 0 Å². The Bertz CT molecular complexity index is 388. The molecule has 0 amide bonds. The minimum absolute atomic E-state index is 0.214. The van der Waals surface area contributed by atoms with Crippen LogP contribution in [0.4, 0.5) is 0 Å². The zero-order valence-corrected chi connectivity index (χ0v) is 11.7. The maximum atomic E-state index is 11.5. The quantitative estimate of drug-likeness (QED) is 0.770. The molecule has 0 aliphatic carbocycles. The lowest BCUT2D eigenvalue weighted by Crippen LogP contribution is -2.24. The van der Waals surface area contributed by atoms with Gasteiger partial charge in [-0.2, -0.15) is 0 Å². The highest BCUT2D eigenvalue weighted by atomic mass is 35.5. The van der Waals surface area contributed by atoms with Gasteiger partial charge in [-0.3, -0.25) is 4.79 Å². The van der Waals surface area contributed by atoms with Gasteiger partial charge < -0.3 is 4.74 Å². The van der Waals surface area contributed by atoms with Crippen LogP contribution in [0.1, 0.15) is 32.8 Å². The minimum atomic E-state index is -0.441. The standard InChI is InChI=1S/C13H16Cl2O2/c1-13(2,3)17-12(16)5-4-9-6-10(14)8-11(15)7-9/h6-8H,4-5H2,1-3H3. The first kappa shape index (κ1) is 14.3. The molecular weight excluding hydrogens is 259 g/mol. The first-order chi connectivity index (χ1) is 7.76. The molecule has 0 saturated carbocycles. The lowest BCUT2D eigenvalue weighted by atomic mass is 10.1. The predicted molar refractivity (Wildman–Crippen MR) is 70.6 cm³/mol. The van der Waals surface area contributed by atoms with Crippen LogP contribution in [0, 0.1) is 0 Å². The summed E-state index contributed by atoms with van der Waals surface area (Å²) < 4.78 is 5.22. The van der Waals surface area contributed by atoms with Gasteiger partial charge in [0.15, 0.2) is 0 Å². The second-order valence-electron chi connectivity index (χ2n) is 4.86. The molecule has 0 atom stereocenters. The molecule has 0 unspecified atom stereocenters. The minimum Gasteiger partial charge on any atom is -0.460 e. The van der Waals surface area contributed by atoms with Crippen molar-refractivity contribution in [1.82, 2.24) is 0 Å². The summed E-state index contributed by atoms with van der Waals surface area (Å²) in [6.07, 6.45) is 0.906. The molecule has 0 spiro atoms. The van der Waals surface area contributed by atoms with Crippen LogP contribution in [0.5, 0.6) is 0 Å². The fourth-order valence-corrected chi connectivity index (χ4v) is 1.97. The first-order valence-corrected chi connectivity index (χ1v) is 6.19. The molecule has 1 aromatic carbocycles. The second kappa shape index (κ2) is 5.74. The number of aryl methyl sites for hydroxylation is 1. The number of hydrogen-bond acceptors (Lipinski definition) is 2. The van der Waals surface area contributed by atoms with Crippen molar-refractivity contribution < 1.29 is 9.53 Å². The molecule has 0 fully saturated rings. The van der Waals surface area contributed by atoms with E-state index in [4.69, 9.17) is 27.9 Å². The van der Waals surface area contributed by atoms with Crippen LogP contribution >= 0.6 is 23.2 Å². The third-order valence-electron chi connectivity index (χ3n) is 1.96. The van der Waals surface area contributed by atoms with Crippen molar-refractivity contribution >= 4 is 29.2 Å². The Balaban J connectivity index is 2.53. The van der Waals surface area contributed by atoms with Crippen molar-refractivity contribution in [2.24, 2.45) is 0 Å². The molecule has 17 heavy (non-hydrogen) atoms. The van der Waals surface area contributed by atoms with Crippen LogP contribution in [0.3, 0.4) is 0 Å². The van der Waals surface area contributed by atoms with E-state index in [1.165, 1.54) is 0 Å². The third-order valence-corrected chi connectivity index (χ3v) is 2.40. The van der Waals surface area contributed by atoms with Crippen molar-refractivity contribution in [2.75, 3.05) is 0 Å². The molecule has 1 aromatic rings. The van der Waals surface area contributed by atoms with E-state index in [-0.39, 0.29) is 5.97 Å². The summed E-state index contributed by atoms with van der Waals surface area (Å²) in [5.41, 5.74) is 0.497. The lowest BCUT2D eigenvalue weighted by molar-refractivity contribution is -0.154. The molecule has 0 aromatic heterocycles. The average Bonchev–Trinajstić information content (AvgIpc) is 2.10. The van der Waals surface area contributed by atoms with Gasteiger partial charge in [-0.05, 0) is 51.0 Å². The number of hydrogen-bond donors (Lipinski definition) is 0. The maximum absolute atomic E-state index is 11.5. The third kappa shape index (κ3) is 5.94. The van der Waals surface area contributed by atoms with Gasteiger partial charge in [0, 0.05) is 16.5 Å². The number of carbonyl (C=O) groups excluding carboxylic acids is 1.